The smallest absolute Gasteiger partial charge is 0.253 e. The highest BCUT2D eigenvalue weighted by molar-refractivity contribution is 5.95. The molecule has 1 aliphatic rings. The molecular weight excluding hydrogens is 412 g/mol. The highest BCUT2D eigenvalue weighted by Gasteiger charge is 2.31. The zero-order chi connectivity index (χ0) is 24.0. The second-order valence-electron chi connectivity index (χ2n) is 9.34. The van der Waals surface area contributed by atoms with Crippen LogP contribution in [0.4, 0.5) is 0 Å². The lowest BCUT2D eigenvalue weighted by Gasteiger charge is -2.35. The van der Waals surface area contributed by atoms with Crippen molar-refractivity contribution in [3.63, 3.8) is 0 Å². The molecule has 0 spiro atoms. The second-order valence-corrected chi connectivity index (χ2v) is 9.34. The summed E-state index contributed by atoms with van der Waals surface area (Å²) >= 11 is 0. The van der Waals surface area contributed by atoms with Crippen molar-refractivity contribution >= 4 is 11.8 Å². The lowest BCUT2D eigenvalue weighted by molar-refractivity contribution is -0.137. The normalized spacial score (nSPS) is 15.9. The maximum Gasteiger partial charge on any atom is 0.253 e. The molecule has 0 saturated carbocycles. The summed E-state index contributed by atoms with van der Waals surface area (Å²) in [6.07, 6.45) is 1.62. The van der Waals surface area contributed by atoms with Crippen LogP contribution in [-0.4, -0.2) is 66.8 Å². The molecule has 6 nitrogen and oxygen atoms in total. The van der Waals surface area contributed by atoms with Crippen LogP contribution in [0, 0.1) is 31.1 Å². The molecule has 1 atom stereocenters. The van der Waals surface area contributed by atoms with Crippen LogP contribution in [0.25, 0.3) is 0 Å². The van der Waals surface area contributed by atoms with E-state index in [0.29, 0.717) is 37.3 Å². The van der Waals surface area contributed by atoms with E-state index >= 15 is 0 Å². The molecule has 0 aromatic heterocycles. The molecule has 33 heavy (non-hydrogen) atoms. The molecule has 3 rings (SSSR count). The number of benzene rings is 2. The minimum Gasteiger partial charge on any atom is -0.338 e. The molecule has 1 saturated heterocycles. The monoisotopic (exact) mass is 446 g/mol. The molecular formula is C27H34N4O2. The number of hydrogen-bond donors (Lipinski definition) is 0. The van der Waals surface area contributed by atoms with Gasteiger partial charge in [-0.05, 0) is 70.6 Å². The van der Waals surface area contributed by atoms with E-state index in [4.69, 9.17) is 5.26 Å². The van der Waals surface area contributed by atoms with Crippen LogP contribution < -0.4 is 0 Å². The standard InChI is InChI=1S/C27H34N4O2/c1-20-14-21(2)16-25(15-20)27(33)30-11-5-6-24(19-30)26(32)31(13-12-29(3)4)18-23-9-7-22(17-28)8-10-23/h7-10,14-16,24H,5-6,11-13,18-19H2,1-4H3. The predicted molar refractivity (Wildman–Crippen MR) is 130 cm³/mol. The molecule has 1 fully saturated rings. The number of piperidine rings is 1. The summed E-state index contributed by atoms with van der Waals surface area (Å²) < 4.78 is 0. The number of likely N-dealkylation sites (N-methyl/N-ethyl adjacent to an activating group) is 1. The topological polar surface area (TPSA) is 67.7 Å². The number of hydrogen-bond acceptors (Lipinski definition) is 4. The van der Waals surface area contributed by atoms with E-state index in [1.165, 1.54) is 0 Å². The summed E-state index contributed by atoms with van der Waals surface area (Å²) in [6.45, 7) is 7.02. The van der Waals surface area contributed by atoms with Gasteiger partial charge >= 0.3 is 0 Å². The number of amides is 2. The van der Waals surface area contributed by atoms with Crippen LogP contribution in [0.1, 0.15) is 45.5 Å². The quantitative estimate of drug-likeness (QED) is 0.652. The molecule has 2 aromatic rings. The summed E-state index contributed by atoms with van der Waals surface area (Å²) in [6, 6.07) is 15.4. The van der Waals surface area contributed by atoms with Gasteiger partial charge < -0.3 is 14.7 Å². The van der Waals surface area contributed by atoms with E-state index in [0.717, 1.165) is 36.1 Å². The Morgan fingerprint density at radius 3 is 2.33 bits per heavy atom. The Bertz CT molecular complexity index is 1000. The molecule has 0 radical (unpaired) electrons. The largest absolute Gasteiger partial charge is 0.338 e. The van der Waals surface area contributed by atoms with Crippen LogP contribution in [0.5, 0.6) is 0 Å². The SMILES string of the molecule is Cc1cc(C)cc(C(=O)N2CCCC(C(=O)N(CCN(C)C)Cc3ccc(C#N)cc3)C2)c1. The highest BCUT2D eigenvalue weighted by Crippen LogP contribution is 2.23. The van der Waals surface area contributed by atoms with Crippen molar-refractivity contribution in [3.05, 3.63) is 70.3 Å². The molecule has 2 amide bonds. The van der Waals surface area contributed by atoms with Gasteiger partial charge in [-0.2, -0.15) is 5.26 Å². The number of carbonyl (C=O) groups is 2. The van der Waals surface area contributed by atoms with Crippen molar-refractivity contribution in [2.75, 3.05) is 40.3 Å². The highest BCUT2D eigenvalue weighted by atomic mass is 16.2. The van der Waals surface area contributed by atoms with Crippen molar-refractivity contribution in [2.24, 2.45) is 5.92 Å². The third-order valence-corrected chi connectivity index (χ3v) is 6.11. The average molecular weight is 447 g/mol. The first kappa shape index (κ1) is 24.5. The Labute approximate surface area is 197 Å². The number of aryl methyl sites for hydroxylation is 2. The van der Waals surface area contributed by atoms with Gasteiger partial charge in [-0.3, -0.25) is 9.59 Å². The van der Waals surface area contributed by atoms with E-state index in [1.54, 1.807) is 12.1 Å². The van der Waals surface area contributed by atoms with E-state index in [2.05, 4.69) is 17.0 Å². The average Bonchev–Trinajstić information content (AvgIpc) is 2.80. The fraction of sp³-hybridized carbons (Fsp3) is 0.444. The molecule has 174 valence electrons. The number of likely N-dealkylation sites (tertiary alicyclic amines) is 1. The Hall–Kier alpha value is -3.17. The molecule has 1 heterocycles. The van der Waals surface area contributed by atoms with Crippen LogP contribution in [0.15, 0.2) is 42.5 Å². The van der Waals surface area contributed by atoms with Crippen molar-refractivity contribution in [2.45, 2.75) is 33.2 Å². The minimum atomic E-state index is -0.200. The summed E-state index contributed by atoms with van der Waals surface area (Å²) in [5.74, 6) is -0.0977. The number of nitriles is 1. The lowest BCUT2D eigenvalue weighted by atomic mass is 9.95. The molecule has 0 N–H and O–H groups in total. The van der Waals surface area contributed by atoms with Gasteiger partial charge in [-0.15, -0.1) is 0 Å². The molecule has 0 aliphatic carbocycles. The number of carbonyl (C=O) groups excluding carboxylic acids is 2. The van der Waals surface area contributed by atoms with Crippen LogP contribution >= 0.6 is 0 Å². The third-order valence-electron chi connectivity index (χ3n) is 6.11. The van der Waals surface area contributed by atoms with Crippen molar-refractivity contribution < 1.29 is 9.59 Å². The molecule has 0 bridgehead atoms. The number of rotatable bonds is 7. The summed E-state index contributed by atoms with van der Waals surface area (Å²) in [4.78, 5) is 32.5. The van der Waals surface area contributed by atoms with Gasteiger partial charge in [0.2, 0.25) is 5.91 Å². The van der Waals surface area contributed by atoms with Gasteiger partial charge in [0.05, 0.1) is 17.6 Å². The summed E-state index contributed by atoms with van der Waals surface area (Å²) in [5.41, 5.74) is 4.45. The van der Waals surface area contributed by atoms with Crippen molar-refractivity contribution in [1.29, 1.82) is 5.26 Å². The van der Waals surface area contributed by atoms with E-state index in [9.17, 15) is 9.59 Å². The minimum absolute atomic E-state index is 0.00577. The first-order valence-corrected chi connectivity index (χ1v) is 11.6. The van der Waals surface area contributed by atoms with E-state index < -0.39 is 0 Å². The third kappa shape index (κ3) is 6.66. The van der Waals surface area contributed by atoms with Crippen molar-refractivity contribution in [1.82, 2.24) is 14.7 Å². The van der Waals surface area contributed by atoms with E-state index in [-0.39, 0.29) is 17.7 Å². The Balaban J connectivity index is 1.73. The van der Waals surface area contributed by atoms with Gasteiger partial charge in [0, 0.05) is 38.3 Å². The maximum atomic E-state index is 13.6. The fourth-order valence-electron chi connectivity index (χ4n) is 4.40. The Morgan fingerprint density at radius 1 is 1.06 bits per heavy atom. The molecule has 1 unspecified atom stereocenters. The Morgan fingerprint density at radius 2 is 1.73 bits per heavy atom. The van der Waals surface area contributed by atoms with Gasteiger partial charge in [-0.1, -0.05) is 29.3 Å². The van der Waals surface area contributed by atoms with Gasteiger partial charge in [0.15, 0.2) is 0 Å². The van der Waals surface area contributed by atoms with Crippen LogP contribution in [0.2, 0.25) is 0 Å². The second kappa shape index (κ2) is 11.1. The maximum absolute atomic E-state index is 13.6. The van der Waals surface area contributed by atoms with Crippen molar-refractivity contribution in [3.8, 4) is 6.07 Å². The van der Waals surface area contributed by atoms with Gasteiger partial charge in [0.1, 0.15) is 0 Å². The molecule has 2 aromatic carbocycles. The fourth-order valence-corrected chi connectivity index (χ4v) is 4.40. The van der Waals surface area contributed by atoms with Crippen LogP contribution in [0.3, 0.4) is 0 Å². The first-order chi connectivity index (χ1) is 15.8. The summed E-state index contributed by atoms with van der Waals surface area (Å²) in [5, 5.41) is 9.04. The Kier molecular flexibility index (Phi) is 8.24. The lowest BCUT2D eigenvalue weighted by Crippen LogP contribution is -2.47. The number of nitrogens with zero attached hydrogens (tertiary/aromatic N) is 4. The van der Waals surface area contributed by atoms with E-state index in [1.807, 2.05) is 62.0 Å². The molecule has 6 heteroatoms. The summed E-state index contributed by atoms with van der Waals surface area (Å²) in [7, 11) is 3.99. The van der Waals surface area contributed by atoms with Crippen LogP contribution in [-0.2, 0) is 11.3 Å². The first-order valence-electron chi connectivity index (χ1n) is 11.6. The van der Waals surface area contributed by atoms with Gasteiger partial charge in [0.25, 0.3) is 5.91 Å². The predicted octanol–water partition coefficient (Wildman–Crippen LogP) is 3.62. The zero-order valence-electron chi connectivity index (χ0n) is 20.2. The zero-order valence-corrected chi connectivity index (χ0v) is 20.2. The van der Waals surface area contributed by atoms with Gasteiger partial charge in [-0.25, -0.2) is 0 Å². The molecule has 1 aliphatic heterocycles.